The molecule has 0 bridgehead atoms. The number of hydrogen-bond acceptors (Lipinski definition) is 3. The van der Waals surface area contributed by atoms with E-state index in [9.17, 15) is 14.0 Å². The summed E-state index contributed by atoms with van der Waals surface area (Å²) in [6.07, 6.45) is 0.127. The number of nitrogens with one attached hydrogen (secondary N) is 1. The van der Waals surface area contributed by atoms with E-state index in [-0.39, 0.29) is 36.0 Å². The average Bonchev–Trinajstić information content (AvgIpc) is 2.54. The highest BCUT2D eigenvalue weighted by atomic mass is 19.1. The van der Waals surface area contributed by atoms with Crippen LogP contribution in [0.2, 0.25) is 0 Å². The lowest BCUT2D eigenvalue weighted by Gasteiger charge is -2.09. The highest BCUT2D eigenvalue weighted by Gasteiger charge is 2.12. The molecule has 5 nitrogen and oxygen atoms in total. The van der Waals surface area contributed by atoms with Crippen LogP contribution in [0.5, 0.6) is 5.75 Å². The summed E-state index contributed by atoms with van der Waals surface area (Å²) in [5, 5.41) is 11.8. The van der Waals surface area contributed by atoms with E-state index >= 15 is 0 Å². The Kier molecular flexibility index (Phi) is 5.30. The molecule has 0 unspecified atom stereocenters. The molecular weight excluding hydrogens is 301 g/mol. The fraction of sp³-hybridized carbons (Fsp3) is 0.176. The summed E-state index contributed by atoms with van der Waals surface area (Å²) in [4.78, 5) is 23.0. The van der Waals surface area contributed by atoms with Gasteiger partial charge in [-0.05, 0) is 35.4 Å². The van der Waals surface area contributed by atoms with Gasteiger partial charge in [0.05, 0.1) is 13.5 Å². The summed E-state index contributed by atoms with van der Waals surface area (Å²) in [6.45, 7) is 0.199. The Balaban J connectivity index is 1.97. The van der Waals surface area contributed by atoms with Gasteiger partial charge < -0.3 is 15.2 Å². The van der Waals surface area contributed by atoms with E-state index in [2.05, 4.69) is 5.32 Å². The van der Waals surface area contributed by atoms with Crippen LogP contribution in [0.1, 0.15) is 21.5 Å². The number of aromatic carboxylic acids is 1. The molecule has 1 amide bonds. The molecule has 0 saturated carbocycles. The third-order valence-corrected chi connectivity index (χ3v) is 3.26. The monoisotopic (exact) mass is 317 g/mol. The molecule has 0 spiro atoms. The van der Waals surface area contributed by atoms with Gasteiger partial charge in [0.15, 0.2) is 0 Å². The van der Waals surface area contributed by atoms with E-state index < -0.39 is 5.97 Å². The van der Waals surface area contributed by atoms with Gasteiger partial charge >= 0.3 is 5.97 Å². The first kappa shape index (κ1) is 16.5. The van der Waals surface area contributed by atoms with E-state index in [0.717, 1.165) is 0 Å². The molecule has 0 atom stereocenters. The van der Waals surface area contributed by atoms with E-state index in [1.54, 1.807) is 24.3 Å². The van der Waals surface area contributed by atoms with Crippen molar-refractivity contribution in [3.8, 4) is 5.75 Å². The molecule has 6 heteroatoms. The van der Waals surface area contributed by atoms with Crippen molar-refractivity contribution in [3.05, 3.63) is 65.0 Å². The second-order valence-electron chi connectivity index (χ2n) is 4.92. The molecule has 120 valence electrons. The van der Waals surface area contributed by atoms with Gasteiger partial charge in [-0.1, -0.05) is 18.2 Å². The maximum atomic E-state index is 12.8. The summed E-state index contributed by atoms with van der Waals surface area (Å²) in [5.74, 6) is -1.42. The molecule has 0 heterocycles. The minimum Gasteiger partial charge on any atom is -0.496 e. The second-order valence-corrected chi connectivity index (χ2v) is 4.92. The molecule has 2 aromatic rings. The standard InChI is InChI=1S/C17H16FNO4/c1-23-15-7-4-12(8-14(15)17(21)22)10-19-16(20)9-11-2-5-13(18)6-3-11/h2-8H,9-10H2,1H3,(H,19,20)(H,21,22). The Bertz CT molecular complexity index is 713. The van der Waals surface area contributed by atoms with Gasteiger partial charge in [0.1, 0.15) is 17.1 Å². The zero-order valence-electron chi connectivity index (χ0n) is 12.5. The van der Waals surface area contributed by atoms with Gasteiger partial charge in [0.2, 0.25) is 5.91 Å². The number of methoxy groups -OCH3 is 1. The lowest BCUT2D eigenvalue weighted by molar-refractivity contribution is -0.120. The van der Waals surface area contributed by atoms with Crippen LogP contribution >= 0.6 is 0 Å². The summed E-state index contributed by atoms with van der Waals surface area (Å²) >= 11 is 0. The van der Waals surface area contributed by atoms with Gasteiger partial charge in [-0.3, -0.25) is 4.79 Å². The normalized spacial score (nSPS) is 10.2. The average molecular weight is 317 g/mol. The van der Waals surface area contributed by atoms with Crippen molar-refractivity contribution in [2.75, 3.05) is 7.11 Å². The van der Waals surface area contributed by atoms with Gasteiger partial charge in [-0.15, -0.1) is 0 Å². The zero-order valence-corrected chi connectivity index (χ0v) is 12.5. The molecule has 2 N–H and O–H groups in total. The molecule has 0 aliphatic heterocycles. The third kappa shape index (κ3) is 4.54. The lowest BCUT2D eigenvalue weighted by Crippen LogP contribution is -2.24. The first-order valence-electron chi connectivity index (χ1n) is 6.91. The van der Waals surface area contributed by atoms with E-state index in [1.807, 2.05) is 0 Å². The topological polar surface area (TPSA) is 75.6 Å². The number of carbonyl (C=O) groups is 2. The van der Waals surface area contributed by atoms with Crippen LogP contribution in [-0.4, -0.2) is 24.1 Å². The lowest BCUT2D eigenvalue weighted by atomic mass is 10.1. The van der Waals surface area contributed by atoms with Crippen molar-refractivity contribution < 1.29 is 23.8 Å². The predicted octanol–water partition coefficient (Wildman–Crippen LogP) is 2.39. The summed E-state index contributed by atoms with van der Waals surface area (Å²) < 4.78 is 17.8. The highest BCUT2D eigenvalue weighted by Crippen LogP contribution is 2.19. The van der Waals surface area contributed by atoms with Crippen LogP contribution in [0.4, 0.5) is 4.39 Å². The summed E-state index contributed by atoms with van der Waals surface area (Å²) in [5.41, 5.74) is 1.39. The Morgan fingerprint density at radius 1 is 1.13 bits per heavy atom. The fourth-order valence-electron chi connectivity index (χ4n) is 2.08. The predicted molar refractivity (Wildman–Crippen MR) is 81.9 cm³/mol. The van der Waals surface area contributed by atoms with Crippen LogP contribution in [-0.2, 0) is 17.8 Å². The van der Waals surface area contributed by atoms with Crippen LogP contribution in [0.3, 0.4) is 0 Å². The first-order chi connectivity index (χ1) is 11.0. The molecule has 2 aromatic carbocycles. The Hall–Kier alpha value is -2.89. The van der Waals surface area contributed by atoms with Crippen LogP contribution < -0.4 is 10.1 Å². The number of ether oxygens (including phenoxy) is 1. The second kappa shape index (κ2) is 7.40. The number of carboxylic acids is 1. The van der Waals surface area contributed by atoms with Crippen molar-refractivity contribution in [1.29, 1.82) is 0 Å². The molecule has 0 saturated heterocycles. The van der Waals surface area contributed by atoms with E-state index in [1.165, 1.54) is 25.3 Å². The number of rotatable bonds is 6. The number of carbonyl (C=O) groups excluding carboxylic acids is 1. The SMILES string of the molecule is COc1ccc(CNC(=O)Cc2ccc(F)cc2)cc1C(=O)O. The molecule has 0 fully saturated rings. The smallest absolute Gasteiger partial charge is 0.339 e. The summed E-state index contributed by atoms with van der Waals surface area (Å²) in [7, 11) is 1.39. The molecule has 23 heavy (non-hydrogen) atoms. The Morgan fingerprint density at radius 2 is 1.78 bits per heavy atom. The molecule has 0 aromatic heterocycles. The largest absolute Gasteiger partial charge is 0.496 e. The van der Waals surface area contributed by atoms with Crippen molar-refractivity contribution in [3.63, 3.8) is 0 Å². The molecule has 2 rings (SSSR count). The first-order valence-corrected chi connectivity index (χ1v) is 6.91. The molecule has 0 aliphatic rings. The molecular formula is C17H16FNO4. The Morgan fingerprint density at radius 3 is 2.39 bits per heavy atom. The van der Waals surface area contributed by atoms with Crippen molar-refractivity contribution in [2.24, 2.45) is 0 Å². The van der Waals surface area contributed by atoms with Crippen molar-refractivity contribution >= 4 is 11.9 Å². The van der Waals surface area contributed by atoms with Crippen molar-refractivity contribution in [2.45, 2.75) is 13.0 Å². The number of amides is 1. The van der Waals surface area contributed by atoms with E-state index in [4.69, 9.17) is 9.84 Å². The van der Waals surface area contributed by atoms with E-state index in [0.29, 0.717) is 11.1 Å². The fourth-order valence-corrected chi connectivity index (χ4v) is 2.08. The van der Waals surface area contributed by atoms with Crippen LogP contribution in [0.15, 0.2) is 42.5 Å². The maximum Gasteiger partial charge on any atom is 0.339 e. The molecule has 0 radical (unpaired) electrons. The molecule has 0 aliphatic carbocycles. The zero-order chi connectivity index (χ0) is 16.8. The maximum absolute atomic E-state index is 12.8. The van der Waals surface area contributed by atoms with Gasteiger partial charge in [0, 0.05) is 6.54 Å². The third-order valence-electron chi connectivity index (χ3n) is 3.26. The summed E-state index contributed by atoms with van der Waals surface area (Å²) in [6, 6.07) is 10.4. The number of carboxylic acid groups (broad SMARTS) is 1. The quantitative estimate of drug-likeness (QED) is 0.858. The minimum atomic E-state index is -1.10. The van der Waals surface area contributed by atoms with Gasteiger partial charge in [-0.2, -0.15) is 0 Å². The number of hydrogen-bond donors (Lipinski definition) is 2. The highest BCUT2D eigenvalue weighted by molar-refractivity contribution is 5.91. The van der Waals surface area contributed by atoms with Crippen LogP contribution in [0.25, 0.3) is 0 Å². The number of benzene rings is 2. The Labute approximate surface area is 132 Å². The minimum absolute atomic E-state index is 0.0396. The van der Waals surface area contributed by atoms with Gasteiger partial charge in [0.25, 0.3) is 0 Å². The van der Waals surface area contributed by atoms with Crippen LogP contribution in [0, 0.1) is 5.82 Å². The number of halogens is 1. The van der Waals surface area contributed by atoms with Gasteiger partial charge in [-0.25, -0.2) is 9.18 Å². The van der Waals surface area contributed by atoms with Crippen molar-refractivity contribution in [1.82, 2.24) is 5.32 Å².